The van der Waals surface area contributed by atoms with Crippen molar-refractivity contribution in [3.05, 3.63) is 212 Å². The number of rotatable bonds is 5. The normalized spacial score (nSPS) is 12.0. The van der Waals surface area contributed by atoms with Crippen molar-refractivity contribution in [1.82, 2.24) is 24.1 Å². The lowest BCUT2D eigenvalue weighted by Gasteiger charge is -2.17. The number of hydrogen-bond acceptors (Lipinski definition) is 4. The lowest BCUT2D eigenvalue weighted by molar-refractivity contribution is 1.07. The second-order valence-corrected chi connectivity index (χ2v) is 17.9. The van der Waals surface area contributed by atoms with Gasteiger partial charge < -0.3 is 9.13 Å². The van der Waals surface area contributed by atoms with E-state index >= 15 is 0 Å². The van der Waals surface area contributed by atoms with E-state index < -0.39 is 0 Å². The molecular weight excluding hydrogens is 811 g/mol. The first-order chi connectivity index (χ1) is 32.2. The van der Waals surface area contributed by atoms with Crippen LogP contribution in [0.4, 0.5) is 0 Å². The highest BCUT2D eigenvalue weighted by Crippen LogP contribution is 2.46. The summed E-state index contributed by atoms with van der Waals surface area (Å²) in [6.07, 6.45) is 0. The van der Waals surface area contributed by atoms with Crippen molar-refractivity contribution in [3.8, 4) is 45.5 Å². The number of para-hydroxylation sites is 3. The maximum Gasteiger partial charge on any atom is 0.166 e. The van der Waals surface area contributed by atoms with Gasteiger partial charge in [0.2, 0.25) is 0 Å². The van der Waals surface area contributed by atoms with Crippen molar-refractivity contribution in [1.29, 1.82) is 0 Å². The summed E-state index contributed by atoms with van der Waals surface area (Å²) >= 11 is 1.84. The minimum Gasteiger partial charge on any atom is -0.309 e. The third-order valence-corrected chi connectivity index (χ3v) is 14.2. The van der Waals surface area contributed by atoms with Crippen LogP contribution in [0.2, 0.25) is 0 Å². The topological polar surface area (TPSA) is 48.5 Å². The van der Waals surface area contributed by atoms with E-state index in [4.69, 9.17) is 15.0 Å². The first-order valence-electron chi connectivity index (χ1n) is 21.9. The molecular formula is C59H35N5S. The average molecular weight is 846 g/mol. The number of hydrogen-bond donors (Lipinski definition) is 0. The number of thiophene rings is 1. The average Bonchev–Trinajstić information content (AvgIpc) is 4.01. The summed E-state index contributed by atoms with van der Waals surface area (Å²) < 4.78 is 7.27. The predicted molar refractivity (Wildman–Crippen MR) is 273 cm³/mol. The molecule has 302 valence electrons. The number of fused-ring (bicyclic) bond motifs is 11. The molecule has 14 rings (SSSR count). The molecule has 5 nitrogen and oxygen atoms in total. The molecule has 65 heavy (non-hydrogen) atoms. The molecule has 0 spiro atoms. The van der Waals surface area contributed by atoms with Gasteiger partial charge in [-0.05, 0) is 88.3 Å². The van der Waals surface area contributed by atoms with Crippen LogP contribution >= 0.6 is 11.3 Å². The molecule has 0 amide bonds. The number of aromatic nitrogens is 5. The molecule has 0 N–H and O–H groups in total. The lowest BCUT2D eigenvalue weighted by Crippen LogP contribution is -2.04. The SMILES string of the molecule is c1ccc(-c2nc(-c3ccc4c5ccccc5n(-c5ccccc5)c4c3)nc(-c3ccc4sc5cc6ccccc6cc5c4c3-n3c4ccccc4c4cc5ccccc5cc43)n2)cc1. The van der Waals surface area contributed by atoms with Gasteiger partial charge in [0.1, 0.15) is 0 Å². The Bertz CT molecular complexity index is 4240. The van der Waals surface area contributed by atoms with Gasteiger partial charge in [0.15, 0.2) is 17.5 Å². The first kappa shape index (κ1) is 36.1. The smallest absolute Gasteiger partial charge is 0.166 e. The molecule has 10 aromatic carbocycles. The molecule has 0 saturated carbocycles. The Hall–Kier alpha value is -8.45. The highest BCUT2D eigenvalue weighted by Gasteiger charge is 2.25. The maximum atomic E-state index is 5.52. The lowest BCUT2D eigenvalue weighted by atomic mass is 10.0. The van der Waals surface area contributed by atoms with Gasteiger partial charge in [0.05, 0.1) is 27.8 Å². The van der Waals surface area contributed by atoms with E-state index in [1.165, 1.54) is 63.3 Å². The summed E-state index contributed by atoms with van der Waals surface area (Å²) in [6, 6.07) is 76.2. The monoisotopic (exact) mass is 845 g/mol. The molecule has 4 heterocycles. The second kappa shape index (κ2) is 14.0. The van der Waals surface area contributed by atoms with Gasteiger partial charge in [-0.3, -0.25) is 0 Å². The quantitative estimate of drug-likeness (QED) is 0.173. The van der Waals surface area contributed by atoms with Crippen LogP contribution in [-0.4, -0.2) is 24.1 Å². The molecule has 0 radical (unpaired) electrons. The minimum absolute atomic E-state index is 0.612. The van der Waals surface area contributed by atoms with Crippen molar-refractivity contribution in [3.63, 3.8) is 0 Å². The molecule has 0 aliphatic heterocycles. The van der Waals surface area contributed by atoms with Crippen molar-refractivity contribution in [2.75, 3.05) is 0 Å². The molecule has 6 heteroatoms. The van der Waals surface area contributed by atoms with Gasteiger partial charge in [-0.1, -0.05) is 146 Å². The zero-order chi connectivity index (χ0) is 42.6. The summed E-state index contributed by atoms with van der Waals surface area (Å²) in [5.74, 6) is 1.84. The van der Waals surface area contributed by atoms with Crippen molar-refractivity contribution in [2.24, 2.45) is 0 Å². The zero-order valence-electron chi connectivity index (χ0n) is 34.9. The Morgan fingerprint density at radius 1 is 0.323 bits per heavy atom. The summed E-state index contributed by atoms with van der Waals surface area (Å²) in [5, 5.41) is 12.0. The van der Waals surface area contributed by atoms with Gasteiger partial charge in [0, 0.05) is 64.1 Å². The van der Waals surface area contributed by atoms with Crippen molar-refractivity contribution in [2.45, 2.75) is 0 Å². The Balaban J connectivity index is 1.10. The van der Waals surface area contributed by atoms with E-state index in [-0.39, 0.29) is 0 Å². The molecule has 0 bridgehead atoms. The largest absolute Gasteiger partial charge is 0.309 e. The highest BCUT2D eigenvalue weighted by molar-refractivity contribution is 7.26. The fraction of sp³-hybridized carbons (Fsp3) is 0. The van der Waals surface area contributed by atoms with Crippen LogP contribution in [0.3, 0.4) is 0 Å². The maximum absolute atomic E-state index is 5.52. The van der Waals surface area contributed by atoms with Crippen LogP contribution in [0.15, 0.2) is 212 Å². The summed E-state index contributed by atoms with van der Waals surface area (Å²) in [5.41, 5.74) is 9.44. The number of benzene rings is 10. The van der Waals surface area contributed by atoms with E-state index in [0.717, 1.165) is 50.1 Å². The fourth-order valence-corrected chi connectivity index (χ4v) is 11.3. The highest BCUT2D eigenvalue weighted by atomic mass is 32.1. The van der Waals surface area contributed by atoms with Crippen LogP contribution in [0, 0.1) is 0 Å². The van der Waals surface area contributed by atoms with Gasteiger partial charge >= 0.3 is 0 Å². The van der Waals surface area contributed by atoms with E-state index in [2.05, 4.69) is 203 Å². The van der Waals surface area contributed by atoms with Crippen LogP contribution < -0.4 is 0 Å². The van der Waals surface area contributed by atoms with Crippen molar-refractivity contribution < 1.29 is 0 Å². The fourth-order valence-electron chi connectivity index (χ4n) is 10.2. The standard InChI is InChI=1S/C59H35N5S/c1-3-15-36(16-4-1)57-60-58(41-27-28-45-43-23-11-13-25-49(43)63(51(45)34-41)42-21-5-2-6-22-42)62-59(61-57)46-29-30-53-55(48-32-38-18-8-10-20-40(38)35-54(48)65-53)56(46)64-50-26-14-12-24-44(50)47-31-37-17-7-9-19-39(37)33-52(47)64/h1-35H. The summed E-state index contributed by atoms with van der Waals surface area (Å²) in [6.45, 7) is 0. The molecule has 0 saturated heterocycles. The Morgan fingerprint density at radius 2 is 0.862 bits per heavy atom. The van der Waals surface area contributed by atoms with Crippen molar-refractivity contribution >= 4 is 96.7 Å². The molecule has 0 aliphatic rings. The van der Waals surface area contributed by atoms with Gasteiger partial charge in [-0.2, -0.15) is 0 Å². The minimum atomic E-state index is 0.612. The van der Waals surface area contributed by atoms with E-state index in [1.807, 2.05) is 29.5 Å². The van der Waals surface area contributed by atoms with Crippen LogP contribution in [0.25, 0.3) is 131 Å². The van der Waals surface area contributed by atoms with Crippen LogP contribution in [-0.2, 0) is 0 Å². The molecule has 4 aromatic heterocycles. The summed E-state index contributed by atoms with van der Waals surface area (Å²) in [7, 11) is 0. The second-order valence-electron chi connectivity index (χ2n) is 16.8. The molecule has 0 aliphatic carbocycles. The molecule has 0 unspecified atom stereocenters. The number of nitrogens with zero attached hydrogens (tertiary/aromatic N) is 5. The van der Waals surface area contributed by atoms with Gasteiger partial charge in [-0.25, -0.2) is 15.0 Å². The molecule has 0 atom stereocenters. The Morgan fingerprint density at radius 3 is 1.60 bits per heavy atom. The van der Waals surface area contributed by atoms with Crippen LogP contribution in [0.5, 0.6) is 0 Å². The Labute approximate surface area is 376 Å². The first-order valence-corrected chi connectivity index (χ1v) is 22.7. The summed E-state index contributed by atoms with van der Waals surface area (Å²) in [4.78, 5) is 16.2. The Kier molecular flexibility index (Phi) is 7.79. The molecule has 0 fully saturated rings. The third-order valence-electron chi connectivity index (χ3n) is 13.1. The zero-order valence-corrected chi connectivity index (χ0v) is 35.7. The predicted octanol–water partition coefficient (Wildman–Crippen LogP) is 15.7. The van der Waals surface area contributed by atoms with E-state index in [1.54, 1.807) is 0 Å². The molecule has 14 aromatic rings. The van der Waals surface area contributed by atoms with E-state index in [9.17, 15) is 0 Å². The third kappa shape index (κ3) is 5.54. The van der Waals surface area contributed by atoms with Gasteiger partial charge in [0.25, 0.3) is 0 Å². The van der Waals surface area contributed by atoms with E-state index in [0.29, 0.717) is 17.5 Å². The van der Waals surface area contributed by atoms with Gasteiger partial charge in [-0.15, -0.1) is 11.3 Å². The van der Waals surface area contributed by atoms with Crippen LogP contribution in [0.1, 0.15) is 0 Å².